The molecular formula is C7H8N2S. The number of nitrogens with zero attached hydrogens (tertiary/aromatic N) is 2. The molecule has 3 heteroatoms. The minimum absolute atomic E-state index is 0.900. The highest BCUT2D eigenvalue weighted by atomic mass is 32.2. The summed E-state index contributed by atoms with van der Waals surface area (Å²) < 4.78 is 3.78. The molecule has 0 aromatic heterocycles. The van der Waals surface area contributed by atoms with Gasteiger partial charge in [-0.05, 0) is 24.1 Å². The zero-order valence-electron chi connectivity index (χ0n) is 5.69. The fourth-order valence-electron chi connectivity index (χ4n) is 0.583. The van der Waals surface area contributed by atoms with Crippen molar-refractivity contribution in [1.29, 1.82) is 0 Å². The minimum Gasteiger partial charge on any atom is -0.144 e. The van der Waals surface area contributed by atoms with Crippen molar-refractivity contribution in [2.75, 3.05) is 6.26 Å². The molecule has 1 aromatic rings. The Kier molecular flexibility index (Phi) is 2.96. The maximum atomic E-state index is 3.91. The van der Waals surface area contributed by atoms with E-state index in [2.05, 4.69) is 9.63 Å². The lowest BCUT2D eigenvalue weighted by Crippen LogP contribution is -1.58. The van der Waals surface area contributed by atoms with Gasteiger partial charge in [0.15, 0.2) is 0 Å². The van der Waals surface area contributed by atoms with Crippen LogP contribution in [0.4, 0.5) is 5.69 Å². The first kappa shape index (κ1) is 7.28. The Bertz CT molecular complexity index is 208. The Morgan fingerprint density at radius 3 is 2.50 bits per heavy atom. The first-order chi connectivity index (χ1) is 4.93. The van der Waals surface area contributed by atoms with Gasteiger partial charge in [-0.1, -0.05) is 18.2 Å². The molecule has 0 spiro atoms. The van der Waals surface area contributed by atoms with Gasteiger partial charge >= 0.3 is 0 Å². The van der Waals surface area contributed by atoms with E-state index < -0.39 is 0 Å². The molecular weight excluding hydrogens is 144 g/mol. The molecule has 0 amide bonds. The van der Waals surface area contributed by atoms with Crippen LogP contribution in [0.3, 0.4) is 0 Å². The van der Waals surface area contributed by atoms with E-state index in [1.54, 1.807) is 0 Å². The van der Waals surface area contributed by atoms with Gasteiger partial charge in [0.2, 0.25) is 0 Å². The third-order valence-electron chi connectivity index (χ3n) is 0.994. The molecule has 0 heterocycles. The largest absolute Gasteiger partial charge is 0.144 e. The van der Waals surface area contributed by atoms with Crippen LogP contribution in [0, 0.1) is 0 Å². The van der Waals surface area contributed by atoms with Gasteiger partial charge in [-0.2, -0.15) is 0 Å². The van der Waals surface area contributed by atoms with Crippen LogP contribution in [-0.4, -0.2) is 6.26 Å². The summed E-state index contributed by atoms with van der Waals surface area (Å²) in [5.41, 5.74) is 0.900. The highest BCUT2D eigenvalue weighted by Gasteiger charge is 1.81. The molecule has 0 N–H and O–H groups in total. The summed E-state index contributed by atoms with van der Waals surface area (Å²) in [6, 6.07) is 9.67. The molecule has 52 valence electrons. The van der Waals surface area contributed by atoms with Crippen molar-refractivity contribution in [3.05, 3.63) is 30.3 Å². The van der Waals surface area contributed by atoms with E-state index in [0.29, 0.717) is 0 Å². The molecule has 0 aliphatic carbocycles. The predicted octanol–water partition coefficient (Wildman–Crippen LogP) is 3.05. The van der Waals surface area contributed by atoms with Crippen molar-refractivity contribution >= 4 is 17.6 Å². The van der Waals surface area contributed by atoms with Crippen molar-refractivity contribution in [3.63, 3.8) is 0 Å². The SMILES string of the molecule is CSN=Nc1ccccc1. The second-order valence-corrected chi connectivity index (χ2v) is 2.23. The topological polar surface area (TPSA) is 24.7 Å². The predicted molar refractivity (Wildman–Crippen MR) is 44.5 cm³/mol. The molecule has 0 unspecified atom stereocenters. The summed E-state index contributed by atoms with van der Waals surface area (Å²) in [6.45, 7) is 0. The average Bonchev–Trinajstić information content (AvgIpc) is 2.03. The number of benzene rings is 1. The van der Waals surface area contributed by atoms with Crippen molar-refractivity contribution < 1.29 is 0 Å². The molecule has 0 radical (unpaired) electrons. The summed E-state index contributed by atoms with van der Waals surface area (Å²) >= 11 is 1.35. The number of rotatable bonds is 2. The fourth-order valence-corrected chi connectivity index (χ4v) is 0.759. The molecule has 10 heavy (non-hydrogen) atoms. The third-order valence-corrected chi connectivity index (χ3v) is 1.24. The molecule has 0 aliphatic rings. The van der Waals surface area contributed by atoms with Crippen LogP contribution in [0.25, 0.3) is 0 Å². The molecule has 0 bridgehead atoms. The van der Waals surface area contributed by atoms with Crippen LogP contribution in [0.15, 0.2) is 40.0 Å². The second-order valence-electron chi connectivity index (χ2n) is 1.70. The maximum Gasteiger partial charge on any atom is 0.0863 e. The number of hydrogen-bond donors (Lipinski definition) is 0. The maximum absolute atomic E-state index is 3.91. The highest BCUT2D eigenvalue weighted by molar-refractivity contribution is 7.97. The quantitative estimate of drug-likeness (QED) is 0.472. The lowest BCUT2D eigenvalue weighted by molar-refractivity contribution is 1.34. The lowest BCUT2D eigenvalue weighted by atomic mass is 10.3. The lowest BCUT2D eigenvalue weighted by Gasteiger charge is -1.86. The first-order valence-electron chi connectivity index (χ1n) is 2.93. The standard InChI is InChI=1S/C7H8N2S/c1-10-9-8-7-5-3-2-4-6-7/h2-6H,1H3. The molecule has 2 nitrogen and oxygen atoms in total. The van der Waals surface area contributed by atoms with Crippen LogP contribution in [0.2, 0.25) is 0 Å². The molecule has 0 fully saturated rings. The highest BCUT2D eigenvalue weighted by Crippen LogP contribution is 2.12. The summed E-state index contributed by atoms with van der Waals surface area (Å²) in [5, 5.41) is 3.91. The van der Waals surface area contributed by atoms with Crippen LogP contribution >= 0.6 is 11.9 Å². The van der Waals surface area contributed by atoms with Crippen molar-refractivity contribution in [2.24, 2.45) is 9.63 Å². The molecule has 1 aromatic carbocycles. The summed E-state index contributed by atoms with van der Waals surface area (Å²) in [4.78, 5) is 0. The number of hydrogen-bond acceptors (Lipinski definition) is 3. The van der Waals surface area contributed by atoms with Gasteiger partial charge in [-0.3, -0.25) is 0 Å². The summed E-state index contributed by atoms with van der Waals surface area (Å²) in [7, 11) is 0. The van der Waals surface area contributed by atoms with E-state index in [9.17, 15) is 0 Å². The smallest absolute Gasteiger partial charge is 0.0863 e. The molecule has 0 atom stereocenters. The fraction of sp³-hybridized carbons (Fsp3) is 0.143. The van der Waals surface area contributed by atoms with E-state index in [0.717, 1.165) is 5.69 Å². The normalized spacial score (nSPS) is 10.5. The van der Waals surface area contributed by atoms with Crippen molar-refractivity contribution in [3.8, 4) is 0 Å². The Balaban J connectivity index is 2.67. The zero-order chi connectivity index (χ0) is 7.23. The van der Waals surface area contributed by atoms with Crippen LogP contribution < -0.4 is 0 Å². The Morgan fingerprint density at radius 2 is 1.90 bits per heavy atom. The first-order valence-corrected chi connectivity index (χ1v) is 4.11. The average molecular weight is 152 g/mol. The molecule has 0 saturated heterocycles. The third kappa shape index (κ3) is 2.19. The van der Waals surface area contributed by atoms with E-state index >= 15 is 0 Å². The van der Waals surface area contributed by atoms with Crippen LogP contribution in [0.1, 0.15) is 0 Å². The summed E-state index contributed by atoms with van der Waals surface area (Å²) in [5.74, 6) is 0. The van der Waals surface area contributed by atoms with Crippen LogP contribution in [-0.2, 0) is 0 Å². The molecule has 0 saturated carbocycles. The van der Waals surface area contributed by atoms with Gasteiger partial charge in [0.25, 0.3) is 0 Å². The van der Waals surface area contributed by atoms with Gasteiger partial charge in [-0.15, -0.1) is 9.63 Å². The minimum atomic E-state index is 0.900. The van der Waals surface area contributed by atoms with Crippen molar-refractivity contribution in [2.45, 2.75) is 0 Å². The van der Waals surface area contributed by atoms with E-state index in [1.165, 1.54) is 11.9 Å². The molecule has 1 rings (SSSR count). The van der Waals surface area contributed by atoms with Gasteiger partial charge in [0, 0.05) is 6.26 Å². The second kappa shape index (κ2) is 4.06. The van der Waals surface area contributed by atoms with Gasteiger partial charge < -0.3 is 0 Å². The van der Waals surface area contributed by atoms with Gasteiger partial charge in [-0.25, -0.2) is 0 Å². The monoisotopic (exact) mass is 152 g/mol. The van der Waals surface area contributed by atoms with E-state index in [4.69, 9.17) is 0 Å². The van der Waals surface area contributed by atoms with E-state index in [-0.39, 0.29) is 0 Å². The van der Waals surface area contributed by atoms with Crippen LogP contribution in [0.5, 0.6) is 0 Å². The molecule has 0 aliphatic heterocycles. The van der Waals surface area contributed by atoms with Crippen molar-refractivity contribution in [1.82, 2.24) is 0 Å². The Labute approximate surface area is 64.5 Å². The zero-order valence-corrected chi connectivity index (χ0v) is 6.51. The van der Waals surface area contributed by atoms with E-state index in [1.807, 2.05) is 36.6 Å². The summed E-state index contributed by atoms with van der Waals surface area (Å²) in [6.07, 6.45) is 1.88. The van der Waals surface area contributed by atoms with Gasteiger partial charge in [0.1, 0.15) is 0 Å². The Hall–Kier alpha value is -0.830. The Morgan fingerprint density at radius 1 is 1.20 bits per heavy atom. The van der Waals surface area contributed by atoms with Gasteiger partial charge in [0.05, 0.1) is 5.69 Å².